The van der Waals surface area contributed by atoms with Gasteiger partial charge in [0, 0.05) is 18.5 Å². The Kier molecular flexibility index (Phi) is 9.87. The van der Waals surface area contributed by atoms with Gasteiger partial charge in [0.05, 0.1) is 32.4 Å². The number of nitrogens with one attached hydrogen (secondary N) is 3. The van der Waals surface area contributed by atoms with Gasteiger partial charge in [0.1, 0.15) is 29.5 Å². The highest BCUT2D eigenvalue weighted by molar-refractivity contribution is 5.98. The van der Waals surface area contributed by atoms with Gasteiger partial charge in [-0.25, -0.2) is 0 Å². The molecular formula is C31H40F2N4O8. The molecule has 5 atom stereocenters. The summed E-state index contributed by atoms with van der Waals surface area (Å²) in [5.74, 6) is -2.44. The number of epoxide rings is 1. The van der Waals surface area contributed by atoms with Gasteiger partial charge in [-0.3, -0.25) is 24.1 Å². The Hall–Kier alpha value is -3.46. The standard InChI is InChI=1S/C31H40F2N4O8/c1-18(34-23(38)12-37-13-31(14-37)16-43-17-31)27(41)36-24(25(39)20-7-9-21(10-8-20)45-29(32)33)28(42)35-22(11-19-5-3-4-6-19)26(40)30(2)15-44-30/h5,7-10,18,22,24-25,29,39H,3-4,6,11-17H2,1-2H3,(H,34,38)(H,35,42)(H,36,41)/t18-,22-,24-,25+,30+/m0/s1. The zero-order chi connectivity index (χ0) is 32.4. The minimum absolute atomic E-state index is 0.0967. The number of rotatable bonds is 15. The number of nitrogens with zero attached hydrogens (tertiary/aromatic N) is 1. The molecule has 1 aromatic carbocycles. The molecule has 3 amide bonds. The monoisotopic (exact) mass is 634 g/mol. The molecule has 0 aromatic heterocycles. The first-order chi connectivity index (χ1) is 21.4. The van der Waals surface area contributed by atoms with E-state index < -0.39 is 48.3 Å². The number of aliphatic hydroxyl groups is 1. The van der Waals surface area contributed by atoms with Gasteiger partial charge in [-0.2, -0.15) is 8.78 Å². The minimum atomic E-state index is -3.05. The van der Waals surface area contributed by atoms with Gasteiger partial charge in [-0.15, -0.1) is 0 Å². The summed E-state index contributed by atoms with van der Waals surface area (Å²) in [6.45, 7) is 3.17. The fraction of sp³-hybridized carbons (Fsp3) is 0.613. The summed E-state index contributed by atoms with van der Waals surface area (Å²) >= 11 is 0. The number of alkyl halides is 2. The lowest BCUT2D eigenvalue weighted by Crippen LogP contribution is -2.67. The summed E-state index contributed by atoms with van der Waals surface area (Å²) in [6, 6.07) is 1.34. The van der Waals surface area contributed by atoms with Crippen molar-refractivity contribution in [2.75, 3.05) is 39.5 Å². The molecule has 45 heavy (non-hydrogen) atoms. The third kappa shape index (κ3) is 8.04. The maximum Gasteiger partial charge on any atom is 0.387 e. The molecule has 246 valence electrons. The molecule has 0 radical (unpaired) electrons. The van der Waals surface area contributed by atoms with Gasteiger partial charge in [0.2, 0.25) is 17.7 Å². The fourth-order valence-corrected chi connectivity index (χ4v) is 6.02. The number of benzene rings is 1. The van der Waals surface area contributed by atoms with E-state index in [4.69, 9.17) is 9.47 Å². The number of ketones is 1. The van der Waals surface area contributed by atoms with Crippen molar-refractivity contribution >= 4 is 23.5 Å². The number of hydrogen-bond donors (Lipinski definition) is 4. The summed E-state index contributed by atoms with van der Waals surface area (Å²) in [5, 5.41) is 19.1. The van der Waals surface area contributed by atoms with Crippen LogP contribution in [0, 0.1) is 5.41 Å². The van der Waals surface area contributed by atoms with E-state index >= 15 is 0 Å². The first-order valence-electron chi connectivity index (χ1n) is 15.2. The van der Waals surface area contributed by atoms with Crippen LogP contribution in [0.1, 0.15) is 51.2 Å². The first kappa shape index (κ1) is 32.9. The van der Waals surface area contributed by atoms with Crippen molar-refractivity contribution in [2.24, 2.45) is 5.41 Å². The molecule has 5 rings (SSSR count). The van der Waals surface area contributed by atoms with Crippen molar-refractivity contribution < 1.29 is 47.3 Å². The van der Waals surface area contributed by atoms with E-state index in [2.05, 4.69) is 20.7 Å². The van der Waals surface area contributed by atoms with E-state index in [1.807, 2.05) is 11.0 Å². The number of amides is 3. The molecule has 4 aliphatic rings. The maximum absolute atomic E-state index is 13.7. The van der Waals surface area contributed by atoms with Gasteiger partial charge in [0.15, 0.2) is 5.78 Å². The van der Waals surface area contributed by atoms with Gasteiger partial charge < -0.3 is 35.3 Å². The summed E-state index contributed by atoms with van der Waals surface area (Å²) in [7, 11) is 0. The van der Waals surface area contributed by atoms with Crippen LogP contribution in [0.4, 0.5) is 8.78 Å². The number of likely N-dealkylation sites (tertiary alicyclic amines) is 1. The van der Waals surface area contributed by atoms with Crippen molar-refractivity contribution in [3.8, 4) is 5.75 Å². The average Bonchev–Trinajstić information content (AvgIpc) is 3.49. The van der Waals surface area contributed by atoms with Gasteiger partial charge in [-0.05, 0) is 57.2 Å². The van der Waals surface area contributed by atoms with Crippen molar-refractivity contribution in [1.82, 2.24) is 20.9 Å². The molecule has 3 heterocycles. The van der Waals surface area contributed by atoms with Crippen LogP contribution in [0.15, 0.2) is 35.9 Å². The molecule has 1 aromatic rings. The molecule has 14 heteroatoms. The number of hydrogen-bond acceptors (Lipinski definition) is 9. The van der Waals surface area contributed by atoms with Gasteiger partial charge >= 0.3 is 6.61 Å². The molecule has 3 fully saturated rings. The van der Waals surface area contributed by atoms with E-state index in [1.54, 1.807) is 6.92 Å². The highest BCUT2D eigenvalue weighted by atomic mass is 19.3. The minimum Gasteiger partial charge on any atom is -0.435 e. The second kappa shape index (κ2) is 13.5. The molecule has 12 nitrogen and oxygen atoms in total. The van der Waals surface area contributed by atoms with Crippen LogP contribution in [0.25, 0.3) is 0 Å². The number of allylic oxidation sites excluding steroid dienone is 1. The lowest BCUT2D eigenvalue weighted by Gasteiger charge is -2.54. The van der Waals surface area contributed by atoms with E-state index in [9.17, 15) is 33.1 Å². The lowest BCUT2D eigenvalue weighted by atomic mass is 9.78. The molecule has 0 bridgehead atoms. The van der Waals surface area contributed by atoms with Crippen LogP contribution in [-0.2, 0) is 28.7 Å². The molecule has 3 aliphatic heterocycles. The van der Waals surface area contributed by atoms with Crippen LogP contribution in [0.3, 0.4) is 0 Å². The van der Waals surface area contributed by atoms with E-state index in [-0.39, 0.29) is 48.0 Å². The Bertz CT molecular complexity index is 1310. The second-order valence-corrected chi connectivity index (χ2v) is 12.7. The molecule has 1 spiro atoms. The van der Waals surface area contributed by atoms with Crippen molar-refractivity contribution in [2.45, 2.75) is 76.0 Å². The Morgan fingerprint density at radius 2 is 1.73 bits per heavy atom. The zero-order valence-electron chi connectivity index (χ0n) is 25.4. The quantitative estimate of drug-likeness (QED) is 0.163. The smallest absolute Gasteiger partial charge is 0.387 e. The molecule has 4 N–H and O–H groups in total. The average molecular weight is 635 g/mol. The van der Waals surface area contributed by atoms with E-state index in [0.717, 1.165) is 37.9 Å². The highest BCUT2D eigenvalue weighted by Gasteiger charge is 2.51. The van der Waals surface area contributed by atoms with Crippen molar-refractivity contribution in [1.29, 1.82) is 0 Å². The molecular weight excluding hydrogens is 594 g/mol. The Morgan fingerprint density at radius 3 is 2.29 bits per heavy atom. The fourth-order valence-electron chi connectivity index (χ4n) is 6.02. The number of carbonyl (C=O) groups is 4. The van der Waals surface area contributed by atoms with Gasteiger partial charge in [0.25, 0.3) is 0 Å². The van der Waals surface area contributed by atoms with E-state index in [0.29, 0.717) is 13.2 Å². The summed E-state index contributed by atoms with van der Waals surface area (Å²) < 4.78 is 40.2. The number of carbonyl (C=O) groups excluding carboxylic acids is 4. The van der Waals surface area contributed by atoms with Crippen LogP contribution in [0.5, 0.6) is 5.75 Å². The normalized spacial score (nSPS) is 24.4. The van der Waals surface area contributed by atoms with Crippen molar-refractivity contribution in [3.63, 3.8) is 0 Å². The Balaban J connectivity index is 1.27. The number of halogens is 2. The highest BCUT2D eigenvalue weighted by Crippen LogP contribution is 2.37. The number of aliphatic hydroxyl groups excluding tert-OH is 1. The predicted molar refractivity (Wildman–Crippen MR) is 155 cm³/mol. The number of Topliss-reactive ketones (excluding diaryl/α,β-unsaturated/α-hetero) is 1. The topological polar surface area (TPSA) is 159 Å². The van der Waals surface area contributed by atoms with Crippen LogP contribution >= 0.6 is 0 Å². The van der Waals surface area contributed by atoms with Crippen LogP contribution in [0.2, 0.25) is 0 Å². The Morgan fingerprint density at radius 1 is 1.04 bits per heavy atom. The van der Waals surface area contributed by atoms with Gasteiger partial charge in [-0.1, -0.05) is 23.8 Å². The van der Waals surface area contributed by atoms with Crippen LogP contribution in [-0.4, -0.2) is 103 Å². The molecule has 0 saturated carbocycles. The second-order valence-electron chi connectivity index (χ2n) is 12.7. The predicted octanol–water partition coefficient (Wildman–Crippen LogP) is 0.986. The third-order valence-corrected chi connectivity index (χ3v) is 8.75. The third-order valence-electron chi connectivity index (χ3n) is 8.75. The Labute approximate surface area is 259 Å². The molecule has 3 saturated heterocycles. The SMILES string of the molecule is C[C@H](NC(=O)CN1CC2(COC2)C1)C(=O)N[C@H](C(=O)N[C@@H](CC1=CCCC1)C(=O)[C@@]1(C)CO1)[C@H](O)c1ccc(OC(F)F)cc1. The molecule has 1 aliphatic carbocycles. The number of ether oxygens (including phenoxy) is 3. The summed E-state index contributed by atoms with van der Waals surface area (Å²) in [6.07, 6.45) is 3.25. The molecule has 0 unspecified atom stereocenters. The van der Waals surface area contributed by atoms with E-state index in [1.165, 1.54) is 31.2 Å². The summed E-state index contributed by atoms with van der Waals surface area (Å²) in [4.78, 5) is 54.9. The maximum atomic E-state index is 13.7. The summed E-state index contributed by atoms with van der Waals surface area (Å²) in [5.41, 5.74) is 0.234. The zero-order valence-corrected chi connectivity index (χ0v) is 25.4. The first-order valence-corrected chi connectivity index (χ1v) is 15.2. The lowest BCUT2D eigenvalue weighted by molar-refractivity contribution is -0.189. The largest absolute Gasteiger partial charge is 0.435 e. The van der Waals surface area contributed by atoms with Crippen LogP contribution < -0.4 is 20.7 Å². The van der Waals surface area contributed by atoms with Crippen molar-refractivity contribution in [3.05, 3.63) is 41.5 Å².